The summed E-state index contributed by atoms with van der Waals surface area (Å²) in [6.07, 6.45) is 17.5. The summed E-state index contributed by atoms with van der Waals surface area (Å²) < 4.78 is 0. The van der Waals surface area contributed by atoms with Crippen LogP contribution in [0.1, 0.15) is 43.4 Å². The largest absolute Gasteiger partial charge is 0.391 e. The van der Waals surface area contributed by atoms with E-state index in [-0.39, 0.29) is 11.9 Å². The molecule has 6 rings (SSSR count). The minimum atomic E-state index is -0.313. The first-order valence-electron chi connectivity index (χ1n) is 12.3. The summed E-state index contributed by atoms with van der Waals surface area (Å²) in [5, 5.41) is 9.66. The molecule has 1 amide bonds. The number of aromatic nitrogens is 1. The number of nitrogens with one attached hydrogen (secondary N) is 3. The Morgan fingerprint density at radius 2 is 2.09 bits per heavy atom. The number of hydrogen-bond donors (Lipinski definition) is 3. The monoisotopic (exact) mass is 455 g/mol. The first kappa shape index (κ1) is 21.1. The molecule has 7 heteroatoms. The van der Waals surface area contributed by atoms with E-state index < -0.39 is 0 Å². The number of rotatable bonds is 5. The van der Waals surface area contributed by atoms with E-state index in [1.807, 2.05) is 30.6 Å². The molecule has 3 aliphatic heterocycles. The van der Waals surface area contributed by atoms with E-state index in [2.05, 4.69) is 38.9 Å². The smallest absolute Gasteiger partial charge is 0.241 e. The molecule has 0 spiro atoms. The van der Waals surface area contributed by atoms with Gasteiger partial charge in [-0.1, -0.05) is 12.2 Å². The van der Waals surface area contributed by atoms with Crippen LogP contribution in [0.5, 0.6) is 0 Å². The number of amides is 1. The Morgan fingerprint density at radius 1 is 1.21 bits per heavy atom. The molecular weight excluding hydrogens is 426 g/mol. The normalized spacial score (nSPS) is 26.2. The summed E-state index contributed by atoms with van der Waals surface area (Å²) in [7, 11) is 0. The molecular formula is C27H29N5O2. The van der Waals surface area contributed by atoms with Gasteiger partial charge in [0.2, 0.25) is 5.91 Å². The highest BCUT2D eigenvalue weighted by atomic mass is 16.2. The molecule has 2 fully saturated rings. The van der Waals surface area contributed by atoms with Crippen LogP contribution in [0.15, 0.2) is 59.1 Å². The average Bonchev–Trinajstić information content (AvgIpc) is 3.79. The van der Waals surface area contributed by atoms with Gasteiger partial charge in [0.15, 0.2) is 5.94 Å². The number of nitrogens with zero attached hydrogens (tertiary/aromatic N) is 2. The van der Waals surface area contributed by atoms with Gasteiger partial charge < -0.3 is 16.0 Å². The highest BCUT2D eigenvalue weighted by Crippen LogP contribution is 2.43. The van der Waals surface area contributed by atoms with Crippen molar-refractivity contribution < 1.29 is 9.59 Å². The summed E-state index contributed by atoms with van der Waals surface area (Å²) in [6.45, 7) is 2.22. The average molecular weight is 456 g/mol. The zero-order chi connectivity index (χ0) is 23.1. The Labute approximate surface area is 199 Å². The molecule has 5 aliphatic rings. The zero-order valence-corrected chi connectivity index (χ0v) is 19.1. The molecule has 3 N–H and O–H groups in total. The van der Waals surface area contributed by atoms with Crippen LogP contribution < -0.4 is 16.0 Å². The molecule has 1 aromatic rings. The summed E-state index contributed by atoms with van der Waals surface area (Å²) in [5.41, 5.74) is 6.79. The van der Waals surface area contributed by atoms with Gasteiger partial charge in [-0.05, 0) is 84.7 Å². The summed E-state index contributed by atoms with van der Waals surface area (Å²) in [6, 6.07) is 2.06. The fourth-order valence-corrected chi connectivity index (χ4v) is 4.91. The minimum absolute atomic E-state index is 0.0656. The molecule has 0 radical (unpaired) electrons. The highest BCUT2D eigenvalue weighted by molar-refractivity contribution is 5.85. The van der Waals surface area contributed by atoms with Gasteiger partial charge in [0.25, 0.3) is 0 Å². The van der Waals surface area contributed by atoms with Gasteiger partial charge >= 0.3 is 0 Å². The van der Waals surface area contributed by atoms with Gasteiger partial charge in [0, 0.05) is 31.9 Å². The van der Waals surface area contributed by atoms with Crippen LogP contribution in [-0.4, -0.2) is 46.9 Å². The van der Waals surface area contributed by atoms with Crippen LogP contribution in [0.25, 0.3) is 6.08 Å². The summed E-state index contributed by atoms with van der Waals surface area (Å²) >= 11 is 0. The predicted molar refractivity (Wildman–Crippen MR) is 131 cm³/mol. The third kappa shape index (κ3) is 4.37. The molecule has 0 aromatic carbocycles. The van der Waals surface area contributed by atoms with E-state index in [9.17, 15) is 9.59 Å². The number of pyridine rings is 1. The second kappa shape index (κ2) is 8.75. The highest BCUT2D eigenvalue weighted by Gasteiger charge is 2.33. The maximum absolute atomic E-state index is 13.0. The number of hydrogen-bond acceptors (Lipinski definition) is 6. The van der Waals surface area contributed by atoms with E-state index in [0.29, 0.717) is 30.7 Å². The van der Waals surface area contributed by atoms with Gasteiger partial charge in [-0.25, -0.2) is 4.79 Å². The molecule has 0 bridgehead atoms. The van der Waals surface area contributed by atoms with Crippen molar-refractivity contribution in [2.45, 2.75) is 50.7 Å². The molecule has 0 saturated heterocycles. The van der Waals surface area contributed by atoms with E-state index in [1.165, 1.54) is 11.1 Å². The standard InChI is InChI=1S/C27H29N5O2/c33-16-25-22(19-1-2-19)12-23-24(31-25)11-17(13-29-23)14-32-15-20(18-7-9-28-10-8-18)3-6-26(32)27(34)30-21-4-5-21/h3,6-7,9,11-13,19,21,26,28,31H,1-2,4-5,8,10,14-15H2,(H,30,34). The Balaban J connectivity index is 1.27. The minimum Gasteiger partial charge on any atom is -0.391 e. The topological polar surface area (TPSA) is 86.4 Å². The van der Waals surface area contributed by atoms with Crippen LogP contribution in [0.2, 0.25) is 0 Å². The molecule has 1 atom stereocenters. The van der Waals surface area contributed by atoms with Crippen molar-refractivity contribution in [1.82, 2.24) is 20.5 Å². The lowest BCUT2D eigenvalue weighted by molar-refractivity contribution is -0.125. The summed E-state index contributed by atoms with van der Waals surface area (Å²) in [5.74, 6) is 2.58. The molecule has 4 heterocycles. The molecule has 34 heavy (non-hydrogen) atoms. The van der Waals surface area contributed by atoms with E-state index in [4.69, 9.17) is 4.98 Å². The van der Waals surface area contributed by atoms with Crippen LogP contribution in [-0.2, 0) is 16.1 Å². The zero-order valence-electron chi connectivity index (χ0n) is 19.1. The Hall–Kier alpha value is -3.41. The van der Waals surface area contributed by atoms with E-state index in [0.717, 1.165) is 61.2 Å². The fourth-order valence-electron chi connectivity index (χ4n) is 4.91. The molecule has 7 nitrogen and oxygen atoms in total. The van der Waals surface area contributed by atoms with Crippen molar-refractivity contribution in [3.05, 3.63) is 70.4 Å². The van der Waals surface area contributed by atoms with Crippen molar-refractivity contribution in [3.63, 3.8) is 0 Å². The number of carbonyl (C=O) groups excluding carboxylic acids is 2. The lowest BCUT2D eigenvalue weighted by Crippen LogP contribution is -2.48. The van der Waals surface area contributed by atoms with Crippen molar-refractivity contribution in [3.8, 4) is 0 Å². The number of fused-ring (bicyclic) bond motifs is 1. The number of carbonyl (C=O) groups is 1. The Bertz CT molecular complexity index is 1200. The van der Waals surface area contributed by atoms with E-state index >= 15 is 0 Å². The lowest BCUT2D eigenvalue weighted by atomic mass is 9.96. The first-order chi connectivity index (χ1) is 16.7. The maximum Gasteiger partial charge on any atom is 0.241 e. The van der Waals surface area contributed by atoms with Gasteiger partial charge in [-0.3, -0.25) is 14.7 Å². The second-order valence-corrected chi connectivity index (χ2v) is 9.83. The van der Waals surface area contributed by atoms with Crippen molar-refractivity contribution in [2.24, 2.45) is 5.92 Å². The van der Waals surface area contributed by atoms with Crippen molar-refractivity contribution >= 4 is 23.6 Å². The molecule has 2 saturated carbocycles. The Kier molecular flexibility index (Phi) is 5.44. The quantitative estimate of drug-likeness (QED) is 0.592. The van der Waals surface area contributed by atoms with Crippen LogP contribution in [0.3, 0.4) is 0 Å². The van der Waals surface area contributed by atoms with Crippen LogP contribution in [0, 0.1) is 5.92 Å². The van der Waals surface area contributed by atoms with Crippen molar-refractivity contribution in [1.29, 1.82) is 0 Å². The fraction of sp³-hybridized carbons (Fsp3) is 0.407. The van der Waals surface area contributed by atoms with Gasteiger partial charge in [-0.15, -0.1) is 0 Å². The Morgan fingerprint density at radius 3 is 2.82 bits per heavy atom. The van der Waals surface area contributed by atoms with Gasteiger partial charge in [0.05, 0.1) is 11.4 Å². The molecule has 2 aliphatic carbocycles. The molecule has 174 valence electrons. The number of allylic oxidation sites excluding steroid dienone is 2. The van der Waals surface area contributed by atoms with Crippen LogP contribution in [0.4, 0.5) is 5.69 Å². The van der Waals surface area contributed by atoms with Gasteiger partial charge in [-0.2, -0.15) is 0 Å². The lowest BCUT2D eigenvalue weighted by Gasteiger charge is -2.33. The maximum atomic E-state index is 13.0. The van der Waals surface area contributed by atoms with Crippen LogP contribution >= 0.6 is 0 Å². The summed E-state index contributed by atoms with van der Waals surface area (Å²) in [4.78, 5) is 31.5. The third-order valence-electron chi connectivity index (χ3n) is 7.11. The SMILES string of the molecule is O=C=C1Nc2cc(CN3CC(=C4C=CNCC4)C=CC3C(=O)NC3CC3)cnc2C=C1C1CC1. The van der Waals surface area contributed by atoms with Crippen molar-refractivity contribution in [2.75, 3.05) is 18.4 Å². The third-order valence-corrected chi connectivity index (χ3v) is 7.11. The first-order valence-corrected chi connectivity index (χ1v) is 12.3. The number of anilines is 1. The molecule has 1 unspecified atom stereocenters. The van der Waals surface area contributed by atoms with Gasteiger partial charge in [0.1, 0.15) is 11.7 Å². The second-order valence-electron chi connectivity index (χ2n) is 9.83. The predicted octanol–water partition coefficient (Wildman–Crippen LogP) is 2.84. The molecule has 1 aromatic heterocycles. The van der Waals surface area contributed by atoms with E-state index in [1.54, 1.807) is 0 Å².